The molecule has 2 rings (SSSR count). The lowest BCUT2D eigenvalue weighted by atomic mass is 10.2. The van der Waals surface area contributed by atoms with Crippen LogP contribution >= 0.6 is 15.9 Å². The standard InChI is InChI=1S/C13H16BrFN2O3/c14-9-6-11(15)13(16-7-9)17-12(18)3-5-19-8-10-2-1-4-20-10/h6-7,10H,1-5,8H2,(H,16,17,18). The van der Waals surface area contributed by atoms with E-state index in [1.165, 1.54) is 12.3 Å². The molecule has 20 heavy (non-hydrogen) atoms. The van der Waals surface area contributed by atoms with Crippen molar-refractivity contribution in [3.05, 3.63) is 22.6 Å². The zero-order valence-electron chi connectivity index (χ0n) is 10.9. The van der Waals surface area contributed by atoms with Crippen molar-refractivity contribution < 1.29 is 18.7 Å². The Kier molecular flexibility index (Phi) is 5.87. The summed E-state index contributed by atoms with van der Waals surface area (Å²) in [5.41, 5.74) is 0. The normalized spacial score (nSPS) is 18.2. The van der Waals surface area contributed by atoms with Gasteiger partial charge in [-0.15, -0.1) is 0 Å². The molecular formula is C13H16BrFN2O3. The molecule has 0 bridgehead atoms. The highest BCUT2D eigenvalue weighted by Gasteiger charge is 2.15. The number of carbonyl (C=O) groups is 1. The molecule has 110 valence electrons. The summed E-state index contributed by atoms with van der Waals surface area (Å²) in [7, 11) is 0. The van der Waals surface area contributed by atoms with Gasteiger partial charge in [-0.3, -0.25) is 4.79 Å². The van der Waals surface area contributed by atoms with Crippen molar-refractivity contribution in [2.24, 2.45) is 0 Å². The summed E-state index contributed by atoms with van der Waals surface area (Å²) >= 11 is 3.10. The summed E-state index contributed by atoms with van der Waals surface area (Å²) in [6.07, 6.45) is 3.78. The summed E-state index contributed by atoms with van der Waals surface area (Å²) in [5, 5.41) is 2.41. The number of rotatable bonds is 6. The highest BCUT2D eigenvalue weighted by Crippen LogP contribution is 2.16. The lowest BCUT2D eigenvalue weighted by molar-refractivity contribution is -0.117. The number of hydrogen-bond donors (Lipinski definition) is 1. The Morgan fingerprint density at radius 2 is 2.50 bits per heavy atom. The number of amides is 1. The molecule has 1 aromatic rings. The van der Waals surface area contributed by atoms with Crippen LogP contribution in [0.5, 0.6) is 0 Å². The molecule has 1 N–H and O–H groups in total. The number of carbonyl (C=O) groups excluding carboxylic acids is 1. The van der Waals surface area contributed by atoms with Crippen LogP contribution in [0.25, 0.3) is 0 Å². The zero-order chi connectivity index (χ0) is 14.4. The second kappa shape index (κ2) is 7.66. The Labute approximate surface area is 125 Å². The van der Waals surface area contributed by atoms with Crippen molar-refractivity contribution in [1.29, 1.82) is 0 Å². The molecule has 0 aliphatic carbocycles. The van der Waals surface area contributed by atoms with Gasteiger partial charge in [0.25, 0.3) is 0 Å². The van der Waals surface area contributed by atoms with E-state index in [4.69, 9.17) is 9.47 Å². The van der Waals surface area contributed by atoms with Gasteiger partial charge in [0, 0.05) is 17.3 Å². The van der Waals surface area contributed by atoms with Gasteiger partial charge in [-0.25, -0.2) is 9.37 Å². The Balaban J connectivity index is 1.67. The van der Waals surface area contributed by atoms with E-state index in [1.807, 2.05) is 0 Å². The molecule has 5 nitrogen and oxygen atoms in total. The maximum absolute atomic E-state index is 13.4. The molecular weight excluding hydrogens is 331 g/mol. The van der Waals surface area contributed by atoms with Crippen LogP contribution in [0.4, 0.5) is 10.2 Å². The van der Waals surface area contributed by atoms with Crippen LogP contribution < -0.4 is 5.32 Å². The molecule has 0 spiro atoms. The van der Waals surface area contributed by atoms with Crippen LogP contribution in [0.2, 0.25) is 0 Å². The number of halogens is 2. The van der Waals surface area contributed by atoms with Crippen LogP contribution in [0.15, 0.2) is 16.7 Å². The van der Waals surface area contributed by atoms with Crippen LogP contribution in [0.3, 0.4) is 0 Å². The first-order chi connectivity index (χ1) is 9.65. The first-order valence-electron chi connectivity index (χ1n) is 6.45. The molecule has 1 amide bonds. The average molecular weight is 347 g/mol. The van der Waals surface area contributed by atoms with Crippen molar-refractivity contribution in [3.63, 3.8) is 0 Å². The van der Waals surface area contributed by atoms with E-state index in [9.17, 15) is 9.18 Å². The fourth-order valence-corrected chi connectivity index (χ4v) is 2.16. The SMILES string of the molecule is O=C(CCOCC1CCCO1)Nc1ncc(Br)cc1F. The molecule has 7 heteroatoms. The van der Waals surface area contributed by atoms with Gasteiger partial charge >= 0.3 is 0 Å². The fraction of sp³-hybridized carbons (Fsp3) is 0.538. The van der Waals surface area contributed by atoms with Gasteiger partial charge < -0.3 is 14.8 Å². The van der Waals surface area contributed by atoms with Gasteiger partial charge in [0.15, 0.2) is 11.6 Å². The predicted octanol–water partition coefficient (Wildman–Crippen LogP) is 2.51. The molecule has 1 saturated heterocycles. The second-order valence-electron chi connectivity index (χ2n) is 4.49. The maximum atomic E-state index is 13.4. The summed E-state index contributed by atoms with van der Waals surface area (Å²) < 4.78 is 24.7. The first kappa shape index (κ1) is 15.3. The molecule has 1 unspecified atom stereocenters. The lowest BCUT2D eigenvalue weighted by Crippen LogP contribution is -2.19. The van der Waals surface area contributed by atoms with Gasteiger partial charge in [-0.05, 0) is 34.8 Å². The highest BCUT2D eigenvalue weighted by atomic mass is 79.9. The van der Waals surface area contributed by atoms with Crippen LogP contribution in [-0.2, 0) is 14.3 Å². The predicted molar refractivity (Wildman–Crippen MR) is 74.9 cm³/mol. The van der Waals surface area contributed by atoms with Gasteiger partial charge in [0.2, 0.25) is 5.91 Å². The zero-order valence-corrected chi connectivity index (χ0v) is 12.5. The maximum Gasteiger partial charge on any atom is 0.227 e. The molecule has 0 aromatic carbocycles. The highest BCUT2D eigenvalue weighted by molar-refractivity contribution is 9.10. The largest absolute Gasteiger partial charge is 0.378 e. The van der Waals surface area contributed by atoms with Crippen LogP contribution in [0.1, 0.15) is 19.3 Å². The van der Waals surface area contributed by atoms with Gasteiger partial charge in [-0.2, -0.15) is 0 Å². The Morgan fingerprint density at radius 3 is 3.20 bits per heavy atom. The summed E-state index contributed by atoms with van der Waals surface area (Å²) in [5.74, 6) is -0.976. The van der Waals surface area contributed by atoms with E-state index in [2.05, 4.69) is 26.2 Å². The number of anilines is 1. The van der Waals surface area contributed by atoms with E-state index >= 15 is 0 Å². The average Bonchev–Trinajstić information content (AvgIpc) is 2.91. The molecule has 1 fully saturated rings. The molecule has 1 aromatic heterocycles. The van der Waals surface area contributed by atoms with E-state index in [0.717, 1.165) is 19.4 Å². The number of nitrogens with zero attached hydrogens (tertiary/aromatic N) is 1. The minimum absolute atomic E-state index is 0.0719. The summed E-state index contributed by atoms with van der Waals surface area (Å²) in [4.78, 5) is 15.4. The van der Waals surface area contributed by atoms with Gasteiger partial charge in [-0.1, -0.05) is 0 Å². The number of aromatic nitrogens is 1. The Bertz CT molecular complexity index is 467. The van der Waals surface area contributed by atoms with Crippen molar-refractivity contribution in [1.82, 2.24) is 4.98 Å². The smallest absolute Gasteiger partial charge is 0.227 e. The van der Waals surface area contributed by atoms with Gasteiger partial charge in [0.05, 0.1) is 25.7 Å². The Morgan fingerprint density at radius 1 is 1.65 bits per heavy atom. The number of hydrogen-bond acceptors (Lipinski definition) is 4. The quantitative estimate of drug-likeness (QED) is 0.804. The number of pyridine rings is 1. The molecule has 1 aliphatic rings. The minimum atomic E-state index is -0.576. The summed E-state index contributed by atoms with van der Waals surface area (Å²) in [6, 6.07) is 1.25. The van der Waals surface area contributed by atoms with Gasteiger partial charge in [0.1, 0.15) is 0 Å². The van der Waals surface area contributed by atoms with Crippen molar-refractivity contribution in [3.8, 4) is 0 Å². The van der Waals surface area contributed by atoms with E-state index in [0.29, 0.717) is 11.1 Å². The minimum Gasteiger partial charge on any atom is -0.378 e. The second-order valence-corrected chi connectivity index (χ2v) is 5.41. The summed E-state index contributed by atoms with van der Waals surface area (Å²) in [6.45, 7) is 1.56. The molecule has 0 saturated carbocycles. The van der Waals surface area contributed by atoms with E-state index < -0.39 is 5.82 Å². The third-order valence-corrected chi connectivity index (χ3v) is 3.30. The molecule has 0 radical (unpaired) electrons. The van der Waals surface area contributed by atoms with E-state index in [1.54, 1.807) is 0 Å². The number of ether oxygens (including phenoxy) is 2. The van der Waals surface area contributed by atoms with Crippen LogP contribution in [0, 0.1) is 5.82 Å². The number of nitrogens with one attached hydrogen (secondary N) is 1. The third-order valence-electron chi connectivity index (χ3n) is 2.87. The van der Waals surface area contributed by atoms with Crippen molar-refractivity contribution in [2.45, 2.75) is 25.4 Å². The first-order valence-corrected chi connectivity index (χ1v) is 7.24. The Hall–Kier alpha value is -1.05. The fourth-order valence-electron chi connectivity index (χ4n) is 1.86. The molecule has 1 atom stereocenters. The topological polar surface area (TPSA) is 60.5 Å². The third kappa shape index (κ3) is 4.81. The van der Waals surface area contributed by atoms with Crippen molar-refractivity contribution in [2.75, 3.05) is 25.1 Å². The molecule has 1 aliphatic heterocycles. The van der Waals surface area contributed by atoms with Crippen molar-refractivity contribution >= 4 is 27.7 Å². The van der Waals surface area contributed by atoms with Crippen LogP contribution in [-0.4, -0.2) is 36.8 Å². The lowest BCUT2D eigenvalue weighted by Gasteiger charge is -2.10. The monoisotopic (exact) mass is 346 g/mol. The van der Waals surface area contributed by atoms with E-state index in [-0.39, 0.29) is 30.9 Å². The molecule has 2 heterocycles.